The summed E-state index contributed by atoms with van der Waals surface area (Å²) >= 11 is 0. The minimum absolute atomic E-state index is 0.00880. The van der Waals surface area contributed by atoms with Crippen LogP contribution >= 0.6 is 0 Å². The standard InChI is InChI=1S/C15H22N2O4S/c1-3-4-10(2)16-14-8-7-12(9-13(14)15(18)19)22(20,21)17-11-5-6-11/h7-11,16-17H,3-6H2,1-2H3,(H,18,19)/t10-/m0/s1. The van der Waals surface area contributed by atoms with Gasteiger partial charge in [0.15, 0.2) is 0 Å². The maximum absolute atomic E-state index is 12.2. The van der Waals surface area contributed by atoms with Gasteiger partial charge in [-0.3, -0.25) is 0 Å². The van der Waals surface area contributed by atoms with Gasteiger partial charge in [0.05, 0.1) is 10.5 Å². The lowest BCUT2D eigenvalue weighted by Gasteiger charge is -2.17. The van der Waals surface area contributed by atoms with E-state index in [1.807, 2.05) is 6.92 Å². The van der Waals surface area contributed by atoms with Crippen LogP contribution in [0.25, 0.3) is 0 Å². The number of benzene rings is 1. The molecule has 0 spiro atoms. The third-order valence-electron chi connectivity index (χ3n) is 3.55. The van der Waals surface area contributed by atoms with Gasteiger partial charge in [0, 0.05) is 17.8 Å². The fourth-order valence-corrected chi connectivity index (χ4v) is 3.58. The van der Waals surface area contributed by atoms with E-state index in [0.29, 0.717) is 5.69 Å². The predicted molar refractivity (Wildman–Crippen MR) is 84.7 cm³/mol. The summed E-state index contributed by atoms with van der Waals surface area (Å²) < 4.78 is 26.9. The molecule has 1 atom stereocenters. The third kappa shape index (κ3) is 4.20. The van der Waals surface area contributed by atoms with Gasteiger partial charge < -0.3 is 10.4 Å². The van der Waals surface area contributed by atoms with Gasteiger partial charge in [-0.15, -0.1) is 0 Å². The second-order valence-electron chi connectivity index (χ2n) is 5.74. The smallest absolute Gasteiger partial charge is 0.337 e. The van der Waals surface area contributed by atoms with Crippen LogP contribution in [0.3, 0.4) is 0 Å². The molecule has 1 aromatic carbocycles. The monoisotopic (exact) mass is 326 g/mol. The number of hydrogen-bond donors (Lipinski definition) is 3. The molecule has 1 saturated carbocycles. The van der Waals surface area contributed by atoms with Crippen LogP contribution in [0.5, 0.6) is 0 Å². The highest BCUT2D eigenvalue weighted by molar-refractivity contribution is 7.89. The number of anilines is 1. The predicted octanol–water partition coefficient (Wildman–Crippen LogP) is 2.43. The lowest BCUT2D eigenvalue weighted by Crippen LogP contribution is -2.26. The van der Waals surface area contributed by atoms with Crippen LogP contribution in [0, 0.1) is 0 Å². The van der Waals surface area contributed by atoms with Crippen molar-refractivity contribution >= 4 is 21.7 Å². The Hall–Kier alpha value is -1.60. The second-order valence-corrected chi connectivity index (χ2v) is 7.46. The zero-order valence-electron chi connectivity index (χ0n) is 12.8. The normalized spacial score (nSPS) is 16.3. The highest BCUT2D eigenvalue weighted by Crippen LogP contribution is 2.25. The topological polar surface area (TPSA) is 95.5 Å². The number of nitrogens with one attached hydrogen (secondary N) is 2. The van der Waals surface area contributed by atoms with Crippen molar-refractivity contribution in [1.82, 2.24) is 4.72 Å². The Labute approximate surface area is 131 Å². The highest BCUT2D eigenvalue weighted by Gasteiger charge is 2.28. The maximum Gasteiger partial charge on any atom is 0.337 e. The molecule has 1 aliphatic carbocycles. The summed E-state index contributed by atoms with van der Waals surface area (Å²) in [5, 5.41) is 12.5. The van der Waals surface area contributed by atoms with Crippen LogP contribution < -0.4 is 10.0 Å². The van der Waals surface area contributed by atoms with Crippen molar-refractivity contribution in [2.24, 2.45) is 0 Å². The van der Waals surface area contributed by atoms with E-state index >= 15 is 0 Å². The molecular formula is C15H22N2O4S. The van der Waals surface area contributed by atoms with Gasteiger partial charge in [-0.05, 0) is 44.4 Å². The largest absolute Gasteiger partial charge is 0.478 e. The lowest BCUT2D eigenvalue weighted by atomic mass is 10.1. The number of aromatic carboxylic acids is 1. The van der Waals surface area contributed by atoms with E-state index in [4.69, 9.17) is 0 Å². The number of hydrogen-bond acceptors (Lipinski definition) is 4. The molecule has 0 saturated heterocycles. The van der Waals surface area contributed by atoms with Gasteiger partial charge in [0.2, 0.25) is 10.0 Å². The fraction of sp³-hybridized carbons (Fsp3) is 0.533. The second kappa shape index (κ2) is 6.66. The molecule has 3 N–H and O–H groups in total. The average molecular weight is 326 g/mol. The highest BCUT2D eigenvalue weighted by atomic mass is 32.2. The van der Waals surface area contributed by atoms with Crippen LogP contribution in [0.4, 0.5) is 5.69 Å². The molecule has 7 heteroatoms. The van der Waals surface area contributed by atoms with Gasteiger partial charge in [-0.1, -0.05) is 13.3 Å². The Morgan fingerprint density at radius 3 is 2.64 bits per heavy atom. The van der Waals surface area contributed by atoms with E-state index in [-0.39, 0.29) is 22.5 Å². The van der Waals surface area contributed by atoms with Gasteiger partial charge in [0.1, 0.15) is 0 Å². The zero-order chi connectivity index (χ0) is 16.3. The van der Waals surface area contributed by atoms with Crippen molar-refractivity contribution in [3.8, 4) is 0 Å². The van der Waals surface area contributed by atoms with Gasteiger partial charge in [-0.2, -0.15) is 0 Å². The molecular weight excluding hydrogens is 304 g/mol. The number of rotatable bonds is 8. The van der Waals surface area contributed by atoms with E-state index in [2.05, 4.69) is 17.0 Å². The summed E-state index contributed by atoms with van der Waals surface area (Å²) in [4.78, 5) is 11.4. The molecule has 0 amide bonds. The van der Waals surface area contributed by atoms with Gasteiger partial charge in [0.25, 0.3) is 0 Å². The van der Waals surface area contributed by atoms with Crippen molar-refractivity contribution < 1.29 is 18.3 Å². The lowest BCUT2D eigenvalue weighted by molar-refractivity contribution is 0.0697. The van der Waals surface area contributed by atoms with Crippen molar-refractivity contribution in [2.75, 3.05) is 5.32 Å². The molecule has 0 bridgehead atoms. The van der Waals surface area contributed by atoms with E-state index in [1.165, 1.54) is 18.2 Å². The van der Waals surface area contributed by atoms with Crippen molar-refractivity contribution in [3.05, 3.63) is 23.8 Å². The SMILES string of the molecule is CCC[C@H](C)Nc1ccc(S(=O)(=O)NC2CC2)cc1C(=O)O. The summed E-state index contributed by atoms with van der Waals surface area (Å²) in [6.07, 6.45) is 3.55. The van der Waals surface area contributed by atoms with Crippen LogP contribution in [0.2, 0.25) is 0 Å². The molecule has 0 aliphatic heterocycles. The number of carboxylic acid groups (broad SMARTS) is 1. The van der Waals surface area contributed by atoms with Crippen molar-refractivity contribution in [3.63, 3.8) is 0 Å². The molecule has 22 heavy (non-hydrogen) atoms. The van der Waals surface area contributed by atoms with Crippen LogP contribution in [0.15, 0.2) is 23.1 Å². The molecule has 2 rings (SSSR count). The molecule has 1 aliphatic rings. The van der Waals surface area contributed by atoms with Crippen molar-refractivity contribution in [2.45, 2.75) is 56.5 Å². The Balaban J connectivity index is 2.28. The minimum atomic E-state index is -3.65. The minimum Gasteiger partial charge on any atom is -0.478 e. The molecule has 122 valence electrons. The van der Waals surface area contributed by atoms with Crippen molar-refractivity contribution in [1.29, 1.82) is 0 Å². The summed E-state index contributed by atoms with van der Waals surface area (Å²) in [6, 6.07) is 4.29. The first kappa shape index (κ1) is 16.8. The first-order chi connectivity index (χ1) is 10.3. The fourth-order valence-electron chi connectivity index (χ4n) is 2.25. The van der Waals surface area contributed by atoms with Crippen LogP contribution in [0.1, 0.15) is 49.9 Å². The molecule has 0 unspecified atom stereocenters. The summed E-state index contributed by atoms with van der Waals surface area (Å²) in [5.41, 5.74) is 0.417. The Bertz CT molecular complexity index is 654. The first-order valence-electron chi connectivity index (χ1n) is 7.49. The summed E-state index contributed by atoms with van der Waals surface area (Å²) in [7, 11) is -3.65. The van der Waals surface area contributed by atoms with E-state index in [1.54, 1.807) is 0 Å². The Morgan fingerprint density at radius 2 is 2.09 bits per heavy atom. The molecule has 1 aromatic rings. The first-order valence-corrected chi connectivity index (χ1v) is 8.98. The van der Waals surface area contributed by atoms with Crippen LogP contribution in [-0.4, -0.2) is 31.6 Å². The summed E-state index contributed by atoms with van der Waals surface area (Å²) in [5.74, 6) is -1.14. The quantitative estimate of drug-likeness (QED) is 0.682. The van der Waals surface area contributed by atoms with Gasteiger partial charge >= 0.3 is 5.97 Å². The molecule has 0 aromatic heterocycles. The maximum atomic E-state index is 12.2. The van der Waals surface area contributed by atoms with E-state index in [9.17, 15) is 18.3 Å². The average Bonchev–Trinajstić information content (AvgIpc) is 3.22. The summed E-state index contributed by atoms with van der Waals surface area (Å²) in [6.45, 7) is 4.02. The molecule has 0 radical (unpaired) electrons. The molecule has 6 nitrogen and oxygen atoms in total. The Kier molecular flexibility index (Phi) is 5.08. The third-order valence-corrected chi connectivity index (χ3v) is 5.07. The van der Waals surface area contributed by atoms with Gasteiger partial charge in [-0.25, -0.2) is 17.9 Å². The van der Waals surface area contributed by atoms with Crippen LogP contribution in [-0.2, 0) is 10.0 Å². The Morgan fingerprint density at radius 1 is 1.41 bits per heavy atom. The van der Waals surface area contributed by atoms with E-state index in [0.717, 1.165) is 25.7 Å². The zero-order valence-corrected chi connectivity index (χ0v) is 13.6. The molecule has 1 fully saturated rings. The number of sulfonamides is 1. The number of carboxylic acids is 1. The number of carbonyl (C=O) groups is 1. The van der Waals surface area contributed by atoms with E-state index < -0.39 is 16.0 Å². The molecule has 0 heterocycles.